The molecule has 8 heteroatoms. The topological polar surface area (TPSA) is 84.2 Å². The lowest BCUT2D eigenvalue weighted by Gasteiger charge is -2.45. The predicted octanol–water partition coefficient (Wildman–Crippen LogP) is 3.40. The normalized spacial score (nSPS) is 17.3. The van der Waals surface area contributed by atoms with Crippen LogP contribution < -0.4 is 10.9 Å². The number of halogens is 2. The van der Waals surface area contributed by atoms with E-state index >= 15 is 0 Å². The standard InChI is InChI=1S/C19H19Cl2N3O3/c20-12-4-3-11(9-13(12)21)10-22-16(26)14-15(25)17(27)24-8-2-7-19(5-1-6-19)18(24)23-14/h3-4,9,25H,1-2,5-8,10H2,(H,22,26). The van der Waals surface area contributed by atoms with Gasteiger partial charge in [0, 0.05) is 18.5 Å². The number of hydrogen-bond donors (Lipinski definition) is 2. The molecule has 0 radical (unpaired) electrons. The van der Waals surface area contributed by atoms with E-state index in [4.69, 9.17) is 23.2 Å². The number of carbonyl (C=O) groups excluding carboxylic acids is 1. The van der Waals surface area contributed by atoms with Gasteiger partial charge in [-0.1, -0.05) is 35.7 Å². The van der Waals surface area contributed by atoms with Crippen LogP contribution in [0.15, 0.2) is 23.0 Å². The molecule has 142 valence electrons. The lowest BCUT2D eigenvalue weighted by Crippen LogP contribution is -2.45. The Kier molecular flexibility index (Phi) is 4.64. The second-order valence-electron chi connectivity index (χ2n) is 7.26. The maximum atomic E-state index is 12.6. The minimum absolute atomic E-state index is 0.121. The van der Waals surface area contributed by atoms with Crippen molar-refractivity contribution >= 4 is 29.1 Å². The van der Waals surface area contributed by atoms with E-state index in [0.717, 1.165) is 37.7 Å². The predicted molar refractivity (Wildman–Crippen MR) is 103 cm³/mol. The molecule has 1 aliphatic heterocycles. The Morgan fingerprint density at radius 1 is 1.22 bits per heavy atom. The van der Waals surface area contributed by atoms with Gasteiger partial charge in [-0.15, -0.1) is 0 Å². The van der Waals surface area contributed by atoms with Crippen LogP contribution in [0.2, 0.25) is 10.0 Å². The van der Waals surface area contributed by atoms with Gasteiger partial charge in [0.25, 0.3) is 11.5 Å². The number of amides is 1. The summed E-state index contributed by atoms with van der Waals surface area (Å²) in [7, 11) is 0. The van der Waals surface area contributed by atoms with E-state index in [1.165, 1.54) is 4.57 Å². The summed E-state index contributed by atoms with van der Waals surface area (Å²) in [6.07, 6.45) is 4.88. The Bertz CT molecular complexity index is 983. The lowest BCUT2D eigenvalue weighted by atomic mass is 9.64. The molecule has 1 aromatic carbocycles. The van der Waals surface area contributed by atoms with Crippen molar-refractivity contribution < 1.29 is 9.90 Å². The molecule has 0 unspecified atom stereocenters. The molecule has 6 nitrogen and oxygen atoms in total. The molecule has 1 aromatic heterocycles. The second kappa shape index (κ2) is 6.84. The van der Waals surface area contributed by atoms with Gasteiger partial charge < -0.3 is 10.4 Å². The van der Waals surface area contributed by atoms with E-state index < -0.39 is 17.2 Å². The Labute approximate surface area is 166 Å². The summed E-state index contributed by atoms with van der Waals surface area (Å²) in [6, 6.07) is 5.04. The molecule has 1 saturated carbocycles. The molecular formula is C19H19Cl2N3O3. The fourth-order valence-corrected chi connectivity index (χ4v) is 4.32. The quantitative estimate of drug-likeness (QED) is 0.816. The smallest absolute Gasteiger partial charge is 0.296 e. The fourth-order valence-electron chi connectivity index (χ4n) is 4.00. The Hall–Kier alpha value is -2.05. The van der Waals surface area contributed by atoms with Crippen molar-refractivity contribution in [3.05, 3.63) is 55.7 Å². The van der Waals surface area contributed by atoms with E-state index in [9.17, 15) is 14.7 Å². The Balaban J connectivity index is 1.62. The average molecular weight is 408 g/mol. The van der Waals surface area contributed by atoms with E-state index in [1.807, 2.05) is 0 Å². The minimum atomic E-state index is -0.596. The van der Waals surface area contributed by atoms with Gasteiger partial charge in [-0.3, -0.25) is 14.2 Å². The van der Waals surface area contributed by atoms with Crippen molar-refractivity contribution in [3.63, 3.8) is 0 Å². The molecule has 0 saturated heterocycles. The summed E-state index contributed by atoms with van der Waals surface area (Å²) in [4.78, 5) is 29.6. The number of aromatic hydroxyl groups is 1. The summed E-state index contributed by atoms with van der Waals surface area (Å²) in [6.45, 7) is 0.710. The van der Waals surface area contributed by atoms with Crippen molar-refractivity contribution in [2.24, 2.45) is 0 Å². The largest absolute Gasteiger partial charge is 0.501 e. The third-order valence-electron chi connectivity index (χ3n) is 5.62. The highest BCUT2D eigenvalue weighted by Gasteiger charge is 2.44. The van der Waals surface area contributed by atoms with E-state index in [0.29, 0.717) is 22.4 Å². The van der Waals surface area contributed by atoms with Crippen LogP contribution in [0.5, 0.6) is 5.75 Å². The average Bonchev–Trinajstić information content (AvgIpc) is 2.63. The first kappa shape index (κ1) is 18.3. The minimum Gasteiger partial charge on any atom is -0.501 e. The number of benzene rings is 1. The highest BCUT2D eigenvalue weighted by atomic mass is 35.5. The maximum absolute atomic E-state index is 12.6. The van der Waals surface area contributed by atoms with E-state index in [1.54, 1.807) is 18.2 Å². The van der Waals surface area contributed by atoms with Crippen molar-refractivity contribution in [3.8, 4) is 5.75 Å². The van der Waals surface area contributed by atoms with Gasteiger partial charge in [-0.05, 0) is 43.4 Å². The zero-order valence-corrected chi connectivity index (χ0v) is 16.1. The van der Waals surface area contributed by atoms with Crippen LogP contribution in [0.4, 0.5) is 0 Å². The number of fused-ring (bicyclic) bond motifs is 2. The molecule has 2 aliphatic rings. The number of nitrogens with zero attached hydrogens (tertiary/aromatic N) is 2. The van der Waals surface area contributed by atoms with Crippen molar-refractivity contribution in [2.75, 3.05) is 0 Å². The number of rotatable bonds is 3. The molecular weight excluding hydrogens is 389 g/mol. The van der Waals surface area contributed by atoms with Crippen LogP contribution in [0.25, 0.3) is 0 Å². The summed E-state index contributed by atoms with van der Waals surface area (Å²) < 4.78 is 1.54. The summed E-state index contributed by atoms with van der Waals surface area (Å²) in [5.41, 5.74) is -0.114. The van der Waals surface area contributed by atoms with Crippen LogP contribution in [-0.2, 0) is 18.5 Å². The van der Waals surface area contributed by atoms with Crippen LogP contribution in [-0.4, -0.2) is 20.6 Å². The highest BCUT2D eigenvalue weighted by Crippen LogP contribution is 2.48. The van der Waals surface area contributed by atoms with Crippen LogP contribution in [0.3, 0.4) is 0 Å². The van der Waals surface area contributed by atoms with Crippen molar-refractivity contribution in [2.45, 2.75) is 50.6 Å². The molecule has 2 N–H and O–H groups in total. The number of nitrogens with one attached hydrogen (secondary N) is 1. The molecule has 1 aliphatic carbocycles. The first-order chi connectivity index (χ1) is 12.9. The summed E-state index contributed by atoms with van der Waals surface area (Å²) in [5, 5.41) is 13.8. The van der Waals surface area contributed by atoms with Crippen LogP contribution >= 0.6 is 23.2 Å². The van der Waals surface area contributed by atoms with E-state index in [2.05, 4.69) is 10.3 Å². The molecule has 1 fully saturated rings. The van der Waals surface area contributed by atoms with Crippen LogP contribution in [0.1, 0.15) is 54.0 Å². The van der Waals surface area contributed by atoms with Gasteiger partial charge in [-0.25, -0.2) is 4.98 Å². The fraction of sp³-hybridized carbons (Fsp3) is 0.421. The molecule has 2 aromatic rings. The number of aromatic nitrogens is 2. The molecule has 1 spiro atoms. The molecule has 27 heavy (non-hydrogen) atoms. The van der Waals surface area contributed by atoms with Gasteiger partial charge in [0.2, 0.25) is 5.75 Å². The molecule has 2 heterocycles. The molecule has 4 rings (SSSR count). The first-order valence-corrected chi connectivity index (χ1v) is 9.73. The van der Waals surface area contributed by atoms with Crippen molar-refractivity contribution in [1.82, 2.24) is 14.9 Å². The summed E-state index contributed by atoms with van der Waals surface area (Å²) >= 11 is 11.9. The van der Waals surface area contributed by atoms with Gasteiger partial charge in [0.15, 0.2) is 5.69 Å². The molecule has 0 bridgehead atoms. The summed E-state index contributed by atoms with van der Waals surface area (Å²) in [5.74, 6) is -0.539. The third kappa shape index (κ3) is 3.11. The van der Waals surface area contributed by atoms with E-state index in [-0.39, 0.29) is 17.7 Å². The maximum Gasteiger partial charge on any atom is 0.296 e. The van der Waals surface area contributed by atoms with Gasteiger partial charge in [0.1, 0.15) is 5.82 Å². The Morgan fingerprint density at radius 2 is 1.96 bits per heavy atom. The monoisotopic (exact) mass is 407 g/mol. The van der Waals surface area contributed by atoms with Gasteiger partial charge >= 0.3 is 0 Å². The third-order valence-corrected chi connectivity index (χ3v) is 6.36. The first-order valence-electron chi connectivity index (χ1n) is 8.98. The van der Waals surface area contributed by atoms with Gasteiger partial charge in [0.05, 0.1) is 10.0 Å². The molecule has 1 amide bonds. The van der Waals surface area contributed by atoms with Gasteiger partial charge in [-0.2, -0.15) is 0 Å². The number of carbonyl (C=O) groups is 1. The van der Waals surface area contributed by atoms with Crippen molar-refractivity contribution in [1.29, 1.82) is 0 Å². The second-order valence-corrected chi connectivity index (χ2v) is 8.07. The zero-order chi connectivity index (χ0) is 19.2. The highest BCUT2D eigenvalue weighted by molar-refractivity contribution is 6.42. The lowest BCUT2D eigenvalue weighted by molar-refractivity contribution is 0.0938. The Morgan fingerprint density at radius 3 is 2.63 bits per heavy atom. The SMILES string of the molecule is O=C(NCc1ccc(Cl)c(Cl)c1)c1nc2n(c(=O)c1O)CCCC21CCC1. The molecule has 0 atom stereocenters. The zero-order valence-electron chi connectivity index (χ0n) is 14.6. The van der Waals surface area contributed by atoms with Crippen LogP contribution in [0, 0.1) is 0 Å². The number of hydrogen-bond acceptors (Lipinski definition) is 4.